The Labute approximate surface area is 165 Å². The molecule has 6 heteroatoms. The molecule has 0 bridgehead atoms. The lowest BCUT2D eigenvalue weighted by molar-refractivity contribution is 0.0784. The molecule has 0 spiro atoms. The summed E-state index contributed by atoms with van der Waals surface area (Å²) in [6, 6.07) is 17.8. The molecule has 1 heterocycles. The minimum atomic E-state index is -0.103. The smallest absolute Gasteiger partial charge is 0.257 e. The molecule has 0 saturated carbocycles. The van der Waals surface area contributed by atoms with Crippen molar-refractivity contribution >= 4 is 11.9 Å². The Morgan fingerprint density at radius 1 is 1.00 bits per heavy atom. The Morgan fingerprint density at radius 2 is 1.68 bits per heavy atom. The summed E-state index contributed by atoms with van der Waals surface area (Å²) in [5.41, 5.74) is 2.75. The van der Waals surface area contributed by atoms with Gasteiger partial charge < -0.3 is 15.0 Å². The zero-order valence-corrected chi connectivity index (χ0v) is 16.1. The number of amides is 1. The summed E-state index contributed by atoms with van der Waals surface area (Å²) in [6.45, 7) is 1.25. The van der Waals surface area contributed by atoms with Crippen LogP contribution in [0.25, 0.3) is 0 Å². The standard InChI is InChI=1S/C22H24N4O2/c1-26(16-18-6-4-3-5-7-18)21(27)19-14-24-22(25-15-19)23-13-12-17-8-10-20(28-2)11-9-17/h3-11,14-15H,12-13,16H2,1-2H3,(H,23,24,25). The van der Waals surface area contributed by atoms with E-state index in [1.807, 2.05) is 54.6 Å². The molecule has 0 aliphatic carbocycles. The van der Waals surface area contributed by atoms with Gasteiger partial charge in [0, 0.05) is 32.5 Å². The van der Waals surface area contributed by atoms with Crippen LogP contribution in [-0.2, 0) is 13.0 Å². The van der Waals surface area contributed by atoms with Gasteiger partial charge in [-0.1, -0.05) is 42.5 Å². The van der Waals surface area contributed by atoms with Crippen LogP contribution in [-0.4, -0.2) is 41.5 Å². The summed E-state index contributed by atoms with van der Waals surface area (Å²) >= 11 is 0. The number of carbonyl (C=O) groups excluding carboxylic acids is 1. The Kier molecular flexibility index (Phi) is 6.57. The van der Waals surface area contributed by atoms with Gasteiger partial charge in [0.25, 0.3) is 5.91 Å². The molecule has 2 aromatic carbocycles. The van der Waals surface area contributed by atoms with Gasteiger partial charge >= 0.3 is 0 Å². The first-order chi connectivity index (χ1) is 13.7. The molecule has 6 nitrogen and oxygen atoms in total. The minimum absolute atomic E-state index is 0.103. The molecule has 144 valence electrons. The van der Waals surface area contributed by atoms with E-state index in [9.17, 15) is 4.79 Å². The molecule has 0 aliphatic rings. The molecule has 0 aliphatic heterocycles. The molecule has 3 aromatic rings. The van der Waals surface area contributed by atoms with Gasteiger partial charge in [0.15, 0.2) is 0 Å². The van der Waals surface area contributed by atoms with Crippen molar-refractivity contribution in [2.24, 2.45) is 0 Å². The van der Waals surface area contributed by atoms with Crippen molar-refractivity contribution in [1.29, 1.82) is 0 Å². The van der Waals surface area contributed by atoms with Gasteiger partial charge in [0.2, 0.25) is 5.95 Å². The largest absolute Gasteiger partial charge is 0.497 e. The van der Waals surface area contributed by atoms with Crippen molar-refractivity contribution in [2.45, 2.75) is 13.0 Å². The number of hydrogen-bond acceptors (Lipinski definition) is 5. The molecule has 0 saturated heterocycles. The van der Waals surface area contributed by atoms with E-state index in [0.717, 1.165) is 17.7 Å². The van der Waals surface area contributed by atoms with Crippen LogP contribution in [0.3, 0.4) is 0 Å². The maximum Gasteiger partial charge on any atom is 0.257 e. The van der Waals surface area contributed by atoms with Crippen molar-refractivity contribution in [3.05, 3.63) is 83.7 Å². The monoisotopic (exact) mass is 376 g/mol. The first-order valence-electron chi connectivity index (χ1n) is 9.14. The maximum absolute atomic E-state index is 12.5. The lowest BCUT2D eigenvalue weighted by Crippen LogP contribution is -2.26. The van der Waals surface area contributed by atoms with Crippen molar-refractivity contribution in [2.75, 3.05) is 26.0 Å². The number of ether oxygens (including phenoxy) is 1. The van der Waals surface area contributed by atoms with Gasteiger partial charge in [-0.25, -0.2) is 9.97 Å². The highest BCUT2D eigenvalue weighted by atomic mass is 16.5. The van der Waals surface area contributed by atoms with Crippen LogP contribution in [0.4, 0.5) is 5.95 Å². The van der Waals surface area contributed by atoms with E-state index < -0.39 is 0 Å². The van der Waals surface area contributed by atoms with Crippen LogP contribution >= 0.6 is 0 Å². The summed E-state index contributed by atoms with van der Waals surface area (Å²) < 4.78 is 5.16. The predicted molar refractivity (Wildman–Crippen MR) is 109 cm³/mol. The minimum Gasteiger partial charge on any atom is -0.497 e. The highest BCUT2D eigenvalue weighted by molar-refractivity contribution is 5.93. The summed E-state index contributed by atoms with van der Waals surface area (Å²) in [6.07, 6.45) is 3.97. The first kappa shape index (κ1) is 19.4. The van der Waals surface area contributed by atoms with Crippen molar-refractivity contribution < 1.29 is 9.53 Å². The van der Waals surface area contributed by atoms with Gasteiger partial charge in [-0.3, -0.25) is 4.79 Å². The molecule has 0 radical (unpaired) electrons. The molecule has 0 atom stereocenters. The average Bonchev–Trinajstić information content (AvgIpc) is 2.75. The zero-order valence-electron chi connectivity index (χ0n) is 16.1. The SMILES string of the molecule is COc1ccc(CCNc2ncc(C(=O)N(C)Cc3ccccc3)cn2)cc1. The summed E-state index contributed by atoms with van der Waals surface area (Å²) in [5, 5.41) is 3.18. The van der Waals surface area contributed by atoms with Gasteiger partial charge in [0.05, 0.1) is 12.7 Å². The molecule has 1 N–H and O–H groups in total. The second-order valence-electron chi connectivity index (χ2n) is 6.47. The third kappa shape index (κ3) is 5.30. The molecular weight excluding hydrogens is 352 g/mol. The fourth-order valence-electron chi connectivity index (χ4n) is 2.79. The number of benzene rings is 2. The number of rotatable bonds is 8. The van der Waals surface area contributed by atoms with E-state index >= 15 is 0 Å². The Bertz CT molecular complexity index is 881. The second-order valence-corrected chi connectivity index (χ2v) is 6.47. The average molecular weight is 376 g/mol. The van der Waals surface area contributed by atoms with Crippen LogP contribution in [0.15, 0.2) is 67.0 Å². The number of hydrogen-bond donors (Lipinski definition) is 1. The third-order valence-corrected chi connectivity index (χ3v) is 4.36. The third-order valence-electron chi connectivity index (χ3n) is 4.36. The number of nitrogens with one attached hydrogen (secondary N) is 1. The molecule has 3 rings (SSSR count). The number of anilines is 1. The van der Waals surface area contributed by atoms with Gasteiger partial charge in [-0.2, -0.15) is 0 Å². The fraction of sp³-hybridized carbons (Fsp3) is 0.227. The quantitative estimate of drug-likeness (QED) is 0.653. The lowest BCUT2D eigenvalue weighted by atomic mass is 10.1. The molecule has 0 fully saturated rings. The normalized spacial score (nSPS) is 10.4. The van der Waals surface area contributed by atoms with Crippen molar-refractivity contribution in [3.8, 4) is 5.75 Å². The summed E-state index contributed by atoms with van der Waals surface area (Å²) in [7, 11) is 3.43. The molecule has 1 amide bonds. The first-order valence-corrected chi connectivity index (χ1v) is 9.14. The number of nitrogens with zero attached hydrogens (tertiary/aromatic N) is 3. The van der Waals surface area contributed by atoms with Gasteiger partial charge in [0.1, 0.15) is 5.75 Å². The van der Waals surface area contributed by atoms with Crippen molar-refractivity contribution in [1.82, 2.24) is 14.9 Å². The molecule has 28 heavy (non-hydrogen) atoms. The van der Waals surface area contributed by atoms with E-state index in [1.54, 1.807) is 31.5 Å². The molecule has 0 unspecified atom stereocenters. The summed E-state index contributed by atoms with van der Waals surface area (Å²) in [4.78, 5) is 22.7. The molecule has 1 aromatic heterocycles. The van der Waals surface area contributed by atoms with Crippen LogP contribution in [0.2, 0.25) is 0 Å². The van der Waals surface area contributed by atoms with E-state index in [2.05, 4.69) is 15.3 Å². The second kappa shape index (κ2) is 9.50. The number of methoxy groups -OCH3 is 1. The van der Waals surface area contributed by atoms with E-state index in [4.69, 9.17) is 4.74 Å². The van der Waals surface area contributed by atoms with Gasteiger partial charge in [-0.15, -0.1) is 0 Å². The Balaban J connectivity index is 1.50. The topological polar surface area (TPSA) is 67.3 Å². The Morgan fingerprint density at radius 3 is 2.32 bits per heavy atom. The van der Waals surface area contributed by atoms with E-state index in [0.29, 0.717) is 24.6 Å². The van der Waals surface area contributed by atoms with Crippen LogP contribution in [0.1, 0.15) is 21.5 Å². The highest BCUT2D eigenvalue weighted by Gasteiger charge is 2.13. The van der Waals surface area contributed by atoms with Crippen LogP contribution < -0.4 is 10.1 Å². The van der Waals surface area contributed by atoms with Crippen molar-refractivity contribution in [3.63, 3.8) is 0 Å². The highest BCUT2D eigenvalue weighted by Crippen LogP contribution is 2.12. The van der Waals surface area contributed by atoms with E-state index in [-0.39, 0.29) is 5.91 Å². The lowest BCUT2D eigenvalue weighted by Gasteiger charge is -2.17. The number of carbonyl (C=O) groups is 1. The van der Waals surface area contributed by atoms with E-state index in [1.165, 1.54) is 5.56 Å². The van der Waals surface area contributed by atoms with Crippen LogP contribution in [0, 0.1) is 0 Å². The van der Waals surface area contributed by atoms with Crippen LogP contribution in [0.5, 0.6) is 5.75 Å². The number of aromatic nitrogens is 2. The predicted octanol–water partition coefficient (Wildman–Crippen LogP) is 3.41. The maximum atomic E-state index is 12.5. The zero-order chi connectivity index (χ0) is 19.8. The summed E-state index contributed by atoms with van der Waals surface area (Å²) in [5.74, 6) is 1.25. The molecular formula is C22H24N4O2. The fourth-order valence-corrected chi connectivity index (χ4v) is 2.79. The Hall–Kier alpha value is -3.41. The van der Waals surface area contributed by atoms with Gasteiger partial charge in [-0.05, 0) is 29.7 Å².